The monoisotopic (exact) mass is 472 g/mol. The van der Waals surface area contributed by atoms with E-state index in [9.17, 15) is 29.4 Å². The fraction of sp³-hybridized carbons (Fsp3) is 0.778. The molecule has 0 fully saturated rings. The van der Waals surface area contributed by atoms with Gasteiger partial charge in [-0.2, -0.15) is 0 Å². The first-order chi connectivity index (χ1) is 14.8. The average Bonchev–Trinajstić information content (AvgIpc) is 2.66. The van der Waals surface area contributed by atoms with Crippen molar-refractivity contribution in [1.82, 2.24) is 0 Å². The number of aliphatic hydroxyl groups is 2. The van der Waals surface area contributed by atoms with Gasteiger partial charge in [-0.25, -0.2) is 0 Å². The third-order valence-electron chi connectivity index (χ3n) is 4.93. The molecule has 0 radical (unpaired) electrons. The molecule has 0 bridgehead atoms. The van der Waals surface area contributed by atoms with Crippen LogP contribution in [0, 0.1) is 5.92 Å². The zero-order valence-electron chi connectivity index (χ0n) is 23.4. The quantitative estimate of drug-likeness (QED) is 0.389. The molecule has 1 atom stereocenters. The van der Waals surface area contributed by atoms with E-state index in [2.05, 4.69) is 0 Å². The molecule has 33 heavy (non-hydrogen) atoms. The van der Waals surface area contributed by atoms with E-state index in [0.29, 0.717) is 31.6 Å². The molecule has 0 aliphatic heterocycles. The molecule has 196 valence electrons. The van der Waals surface area contributed by atoms with Crippen molar-refractivity contribution in [3.63, 3.8) is 0 Å². The summed E-state index contributed by atoms with van der Waals surface area (Å²) in [6, 6.07) is 0. The number of hydrogen-bond acceptors (Lipinski definition) is 6. The molecule has 2 N–H and O–H groups in total. The summed E-state index contributed by atoms with van der Waals surface area (Å²) >= 11 is 0. The van der Waals surface area contributed by atoms with Gasteiger partial charge in [-0.05, 0) is 73.6 Å². The molecule has 0 aliphatic carbocycles. The van der Waals surface area contributed by atoms with E-state index in [1.54, 1.807) is 20.8 Å². The molecule has 6 nitrogen and oxygen atoms in total. The molecule has 0 rings (SSSR count). The van der Waals surface area contributed by atoms with Gasteiger partial charge in [0.2, 0.25) is 0 Å². The van der Waals surface area contributed by atoms with Gasteiger partial charge in [-0.15, -0.1) is 0 Å². The highest BCUT2D eigenvalue weighted by Gasteiger charge is 2.27. The van der Waals surface area contributed by atoms with Gasteiger partial charge in [0.25, 0.3) is 0 Å². The summed E-state index contributed by atoms with van der Waals surface area (Å²) in [5.74, 6) is 0.961. The second-order valence-corrected chi connectivity index (χ2v) is 9.34. The Morgan fingerprint density at radius 1 is 0.788 bits per heavy atom. The first-order valence-corrected chi connectivity index (χ1v) is 11.9. The molecule has 0 saturated heterocycles. The SMILES string of the molecule is C/C=C(\C)CC(C)=O.CC(=O)CC(C)C.CCC(O)(CC)C(C)=O.CC[C@@](C)(O)CC(C)=O. The maximum Gasteiger partial charge on any atom is 0.161 e. The summed E-state index contributed by atoms with van der Waals surface area (Å²) in [7, 11) is 0. The summed E-state index contributed by atoms with van der Waals surface area (Å²) in [6.07, 6.45) is 5.21. The van der Waals surface area contributed by atoms with E-state index in [4.69, 9.17) is 0 Å². The predicted octanol–water partition coefficient (Wildman–Crippen LogP) is 5.81. The third kappa shape index (κ3) is 30.3. The number of carbonyl (C=O) groups excluding carboxylic acids is 4. The number of allylic oxidation sites excluding steroid dienone is 2. The lowest BCUT2D eigenvalue weighted by molar-refractivity contribution is -0.135. The van der Waals surface area contributed by atoms with Crippen LogP contribution in [0.2, 0.25) is 0 Å². The highest BCUT2D eigenvalue weighted by molar-refractivity contribution is 5.84. The summed E-state index contributed by atoms with van der Waals surface area (Å²) in [6.45, 7) is 21.3. The van der Waals surface area contributed by atoms with Crippen molar-refractivity contribution in [3.8, 4) is 0 Å². The maximum absolute atomic E-state index is 10.7. The molecule has 0 heterocycles. The lowest BCUT2D eigenvalue weighted by atomic mass is 9.93. The topological polar surface area (TPSA) is 109 Å². The molecule has 0 saturated carbocycles. The molecule has 0 unspecified atom stereocenters. The Morgan fingerprint density at radius 2 is 1.21 bits per heavy atom. The highest BCUT2D eigenvalue weighted by atomic mass is 16.3. The van der Waals surface area contributed by atoms with Crippen molar-refractivity contribution < 1.29 is 29.4 Å². The Balaban J connectivity index is -0.000000171. The van der Waals surface area contributed by atoms with Crippen molar-refractivity contribution in [3.05, 3.63) is 11.6 Å². The Bertz CT molecular complexity index is 596. The number of hydrogen-bond donors (Lipinski definition) is 2. The van der Waals surface area contributed by atoms with Crippen LogP contribution in [0.3, 0.4) is 0 Å². The first-order valence-electron chi connectivity index (χ1n) is 11.9. The van der Waals surface area contributed by atoms with Crippen molar-refractivity contribution >= 4 is 23.1 Å². The molecule has 0 aromatic carbocycles. The van der Waals surface area contributed by atoms with Gasteiger partial charge in [0.05, 0.1) is 5.60 Å². The Morgan fingerprint density at radius 3 is 1.27 bits per heavy atom. The van der Waals surface area contributed by atoms with Crippen molar-refractivity contribution in [2.45, 2.75) is 133 Å². The molecule has 0 aromatic heterocycles. The fourth-order valence-electron chi connectivity index (χ4n) is 2.48. The van der Waals surface area contributed by atoms with Crippen LogP contribution in [0.15, 0.2) is 11.6 Å². The van der Waals surface area contributed by atoms with E-state index in [0.717, 1.165) is 12.0 Å². The molecular formula is C27H52O6. The molecule has 0 spiro atoms. The normalized spacial score (nSPS) is 12.6. The van der Waals surface area contributed by atoms with E-state index in [-0.39, 0.29) is 29.6 Å². The van der Waals surface area contributed by atoms with Gasteiger partial charge in [0.1, 0.15) is 23.0 Å². The van der Waals surface area contributed by atoms with Crippen LogP contribution in [0.4, 0.5) is 0 Å². The van der Waals surface area contributed by atoms with Gasteiger partial charge in [-0.1, -0.05) is 46.3 Å². The minimum Gasteiger partial charge on any atom is -0.390 e. The standard InChI is InChI=1S/2C7H14O2.C7H12O.C6H12O/c1-4-7(3,9)5-6(2)8;1-4-7(9,5-2)6(3)8;1-4-6(2)5-7(3)8;1-5(2)4-6(3)7/h2*9H,4-5H2,1-3H3;4H,5H2,1-3H3;5H,4H2,1-3H3/b;;6-4+;/t7-;;;/m1.../s1. The number of ketones is 4. The largest absolute Gasteiger partial charge is 0.390 e. The third-order valence-corrected chi connectivity index (χ3v) is 4.93. The van der Waals surface area contributed by atoms with Crippen LogP contribution in [-0.2, 0) is 19.2 Å². The lowest BCUT2D eigenvalue weighted by Crippen LogP contribution is -2.34. The number of Topliss-reactive ketones (excluding diaryl/α,β-unsaturated/α-hetero) is 4. The van der Waals surface area contributed by atoms with Crippen LogP contribution in [-0.4, -0.2) is 44.5 Å². The lowest BCUT2D eigenvalue weighted by Gasteiger charge is -2.20. The molecular weight excluding hydrogens is 420 g/mol. The highest BCUT2D eigenvalue weighted by Crippen LogP contribution is 2.15. The molecule has 0 amide bonds. The average molecular weight is 473 g/mol. The minimum absolute atomic E-state index is 0.0434. The van der Waals surface area contributed by atoms with Crippen LogP contribution < -0.4 is 0 Å². The zero-order chi connectivity index (χ0) is 27.4. The molecule has 0 aliphatic rings. The van der Waals surface area contributed by atoms with E-state index in [1.165, 1.54) is 13.8 Å². The van der Waals surface area contributed by atoms with Gasteiger partial charge in [0, 0.05) is 19.3 Å². The van der Waals surface area contributed by atoms with E-state index < -0.39 is 11.2 Å². The second kappa shape index (κ2) is 20.9. The van der Waals surface area contributed by atoms with Crippen LogP contribution in [0.25, 0.3) is 0 Å². The van der Waals surface area contributed by atoms with Gasteiger partial charge in [0.15, 0.2) is 5.78 Å². The second-order valence-electron chi connectivity index (χ2n) is 9.34. The zero-order valence-corrected chi connectivity index (χ0v) is 23.4. The molecule has 6 heteroatoms. The summed E-state index contributed by atoms with van der Waals surface area (Å²) in [5.41, 5.74) is -0.691. The summed E-state index contributed by atoms with van der Waals surface area (Å²) in [5, 5.41) is 18.6. The number of rotatable bonds is 10. The Kier molecular flexibility index (Phi) is 24.5. The van der Waals surface area contributed by atoms with Crippen molar-refractivity contribution in [2.75, 3.05) is 0 Å². The number of carbonyl (C=O) groups is 4. The fourth-order valence-corrected chi connectivity index (χ4v) is 2.48. The minimum atomic E-state index is -1.06. The summed E-state index contributed by atoms with van der Waals surface area (Å²) in [4.78, 5) is 41.8. The smallest absolute Gasteiger partial charge is 0.161 e. The van der Waals surface area contributed by atoms with Crippen molar-refractivity contribution in [2.24, 2.45) is 5.92 Å². The van der Waals surface area contributed by atoms with E-state index in [1.807, 2.05) is 54.5 Å². The van der Waals surface area contributed by atoms with Crippen LogP contribution in [0.1, 0.15) is 122 Å². The first kappa shape index (κ1) is 38.6. The van der Waals surface area contributed by atoms with Crippen molar-refractivity contribution in [1.29, 1.82) is 0 Å². The Hall–Kier alpha value is -1.66. The van der Waals surface area contributed by atoms with Crippen LogP contribution >= 0.6 is 0 Å². The van der Waals surface area contributed by atoms with Gasteiger partial charge >= 0.3 is 0 Å². The summed E-state index contributed by atoms with van der Waals surface area (Å²) < 4.78 is 0. The predicted molar refractivity (Wildman–Crippen MR) is 137 cm³/mol. The maximum atomic E-state index is 10.7. The molecule has 0 aromatic rings. The van der Waals surface area contributed by atoms with Gasteiger partial charge in [-0.3, -0.25) is 14.4 Å². The van der Waals surface area contributed by atoms with Crippen LogP contribution in [0.5, 0.6) is 0 Å². The van der Waals surface area contributed by atoms with E-state index >= 15 is 0 Å². The Labute approximate surface area is 203 Å². The van der Waals surface area contributed by atoms with Gasteiger partial charge < -0.3 is 15.0 Å².